The first kappa shape index (κ1) is 22.3. The van der Waals surface area contributed by atoms with Crippen LogP contribution in [0, 0.1) is 0 Å². The fourth-order valence-electron chi connectivity index (χ4n) is 3.12. The molecule has 0 saturated carbocycles. The first-order valence-electron chi connectivity index (χ1n) is 10.2. The second-order valence-corrected chi connectivity index (χ2v) is 6.85. The Balaban J connectivity index is 1.44. The highest BCUT2D eigenvalue weighted by molar-refractivity contribution is 5.44. The van der Waals surface area contributed by atoms with Crippen LogP contribution in [-0.2, 0) is 22.7 Å². The summed E-state index contributed by atoms with van der Waals surface area (Å²) in [5, 5.41) is 0. The van der Waals surface area contributed by atoms with Crippen molar-refractivity contribution in [1.29, 1.82) is 0 Å². The average molecular weight is 387 g/mol. The van der Waals surface area contributed by atoms with Gasteiger partial charge >= 0.3 is 0 Å². The maximum Gasteiger partial charge on any atom is 0.128 e. The smallest absolute Gasteiger partial charge is 0.128 e. The van der Waals surface area contributed by atoms with Gasteiger partial charge in [0.25, 0.3) is 0 Å². The predicted octanol–water partition coefficient (Wildman–Crippen LogP) is 5.78. The minimum Gasteiger partial charge on any atom is -0.496 e. The van der Waals surface area contributed by atoms with Crippen LogP contribution < -0.4 is 9.47 Å². The van der Waals surface area contributed by atoms with Crippen LogP contribution in [0.2, 0.25) is 0 Å². The third-order valence-electron chi connectivity index (χ3n) is 4.72. The van der Waals surface area contributed by atoms with Crippen LogP contribution in [-0.4, -0.2) is 27.4 Å². The van der Waals surface area contributed by atoms with Gasteiger partial charge < -0.3 is 18.9 Å². The zero-order valence-electron chi connectivity index (χ0n) is 17.3. The van der Waals surface area contributed by atoms with E-state index >= 15 is 0 Å². The predicted molar refractivity (Wildman–Crippen MR) is 113 cm³/mol. The van der Waals surface area contributed by atoms with Crippen molar-refractivity contribution in [2.45, 2.75) is 51.7 Å². The molecule has 0 atom stereocenters. The normalized spacial score (nSPS) is 10.8. The van der Waals surface area contributed by atoms with Crippen molar-refractivity contribution in [2.75, 3.05) is 27.4 Å². The molecule has 0 bridgehead atoms. The van der Waals surface area contributed by atoms with Crippen LogP contribution >= 0.6 is 0 Å². The van der Waals surface area contributed by atoms with Gasteiger partial charge in [0.1, 0.15) is 11.5 Å². The zero-order chi connectivity index (χ0) is 19.9. The van der Waals surface area contributed by atoms with Crippen molar-refractivity contribution < 1.29 is 18.9 Å². The SMILES string of the molecule is COc1cccc(OC)c1COCCCCCCCCOCc1ccccc1. The van der Waals surface area contributed by atoms with E-state index in [0.29, 0.717) is 6.61 Å². The van der Waals surface area contributed by atoms with Crippen molar-refractivity contribution >= 4 is 0 Å². The number of rotatable bonds is 15. The first-order chi connectivity index (χ1) is 13.8. The summed E-state index contributed by atoms with van der Waals surface area (Å²) in [5.74, 6) is 1.63. The Kier molecular flexibility index (Phi) is 11.1. The fourth-order valence-corrected chi connectivity index (χ4v) is 3.12. The molecule has 0 N–H and O–H groups in total. The van der Waals surface area contributed by atoms with E-state index in [2.05, 4.69) is 24.3 Å². The van der Waals surface area contributed by atoms with Crippen molar-refractivity contribution in [2.24, 2.45) is 0 Å². The highest BCUT2D eigenvalue weighted by atomic mass is 16.5. The Labute approximate surface area is 169 Å². The van der Waals surface area contributed by atoms with E-state index in [4.69, 9.17) is 18.9 Å². The Bertz CT molecular complexity index is 620. The summed E-state index contributed by atoms with van der Waals surface area (Å²) in [6.07, 6.45) is 7.16. The average Bonchev–Trinajstić information content (AvgIpc) is 2.75. The monoisotopic (exact) mass is 386 g/mol. The molecular weight excluding hydrogens is 352 g/mol. The van der Waals surface area contributed by atoms with Gasteiger partial charge in [0.2, 0.25) is 0 Å². The van der Waals surface area contributed by atoms with Gasteiger partial charge in [-0.15, -0.1) is 0 Å². The topological polar surface area (TPSA) is 36.9 Å². The summed E-state index contributed by atoms with van der Waals surface area (Å²) in [7, 11) is 3.34. The van der Waals surface area contributed by atoms with Gasteiger partial charge in [0.05, 0.1) is 33.0 Å². The van der Waals surface area contributed by atoms with E-state index in [1.54, 1.807) is 14.2 Å². The molecule has 2 aromatic rings. The minimum absolute atomic E-state index is 0.520. The van der Waals surface area contributed by atoms with E-state index in [0.717, 1.165) is 49.7 Å². The fraction of sp³-hybridized carbons (Fsp3) is 0.500. The summed E-state index contributed by atoms with van der Waals surface area (Å²) >= 11 is 0. The maximum atomic E-state index is 5.83. The lowest BCUT2D eigenvalue weighted by molar-refractivity contribution is 0.111. The second kappa shape index (κ2) is 14.0. The molecule has 0 heterocycles. The van der Waals surface area contributed by atoms with E-state index in [-0.39, 0.29) is 0 Å². The summed E-state index contributed by atoms with van der Waals surface area (Å²) in [5.41, 5.74) is 2.22. The summed E-state index contributed by atoms with van der Waals surface area (Å²) in [4.78, 5) is 0. The molecule has 0 fully saturated rings. The Hall–Kier alpha value is -2.04. The molecule has 4 nitrogen and oxygen atoms in total. The molecule has 154 valence electrons. The van der Waals surface area contributed by atoms with Crippen LogP contribution in [0.25, 0.3) is 0 Å². The van der Waals surface area contributed by atoms with Gasteiger partial charge in [-0.2, -0.15) is 0 Å². The second-order valence-electron chi connectivity index (χ2n) is 6.85. The van der Waals surface area contributed by atoms with Crippen molar-refractivity contribution in [3.05, 3.63) is 59.7 Å². The lowest BCUT2D eigenvalue weighted by Gasteiger charge is -2.13. The number of hydrogen-bond acceptors (Lipinski definition) is 4. The molecule has 0 unspecified atom stereocenters. The van der Waals surface area contributed by atoms with E-state index in [9.17, 15) is 0 Å². The summed E-state index contributed by atoms with van der Waals surface area (Å²) < 4.78 is 22.3. The van der Waals surface area contributed by atoms with Crippen molar-refractivity contribution in [3.63, 3.8) is 0 Å². The number of ether oxygens (including phenoxy) is 4. The van der Waals surface area contributed by atoms with Crippen LogP contribution in [0.5, 0.6) is 11.5 Å². The molecule has 0 saturated heterocycles. The quantitative estimate of drug-likeness (QED) is 0.364. The van der Waals surface area contributed by atoms with Crippen LogP contribution in [0.15, 0.2) is 48.5 Å². The maximum absolute atomic E-state index is 5.83. The lowest BCUT2D eigenvalue weighted by Crippen LogP contribution is -2.01. The molecule has 4 heteroatoms. The molecule has 0 radical (unpaired) electrons. The van der Waals surface area contributed by atoms with E-state index in [1.165, 1.54) is 31.2 Å². The standard InChI is InChI=1S/C24H34O4/c1-25-23-15-12-16-24(26-2)22(23)20-28-18-11-6-4-3-5-10-17-27-19-21-13-8-7-9-14-21/h7-9,12-16H,3-6,10-11,17-20H2,1-2H3. The summed E-state index contributed by atoms with van der Waals surface area (Å²) in [6, 6.07) is 16.1. The molecule has 28 heavy (non-hydrogen) atoms. The highest BCUT2D eigenvalue weighted by Gasteiger charge is 2.09. The lowest BCUT2D eigenvalue weighted by atomic mass is 10.1. The van der Waals surface area contributed by atoms with Gasteiger partial charge in [-0.3, -0.25) is 0 Å². The van der Waals surface area contributed by atoms with E-state index < -0.39 is 0 Å². The molecule has 2 aromatic carbocycles. The first-order valence-corrected chi connectivity index (χ1v) is 10.2. The van der Waals surface area contributed by atoms with Crippen LogP contribution in [0.3, 0.4) is 0 Å². The molecule has 0 amide bonds. The number of benzene rings is 2. The largest absolute Gasteiger partial charge is 0.496 e. The van der Waals surface area contributed by atoms with Gasteiger partial charge in [-0.05, 0) is 30.5 Å². The van der Waals surface area contributed by atoms with Crippen molar-refractivity contribution in [1.82, 2.24) is 0 Å². The number of methoxy groups -OCH3 is 2. The molecule has 0 aliphatic heterocycles. The number of unbranched alkanes of at least 4 members (excludes halogenated alkanes) is 5. The Morgan fingerprint density at radius 3 is 1.68 bits per heavy atom. The third-order valence-corrected chi connectivity index (χ3v) is 4.72. The van der Waals surface area contributed by atoms with Gasteiger partial charge in [0.15, 0.2) is 0 Å². The number of hydrogen-bond donors (Lipinski definition) is 0. The molecule has 0 aliphatic rings. The molecule has 0 aromatic heterocycles. The molecule has 2 rings (SSSR count). The zero-order valence-corrected chi connectivity index (χ0v) is 17.3. The molecule has 0 spiro atoms. The third kappa shape index (κ3) is 8.32. The van der Waals surface area contributed by atoms with Crippen molar-refractivity contribution in [3.8, 4) is 11.5 Å². The highest BCUT2D eigenvalue weighted by Crippen LogP contribution is 2.28. The Morgan fingerprint density at radius 1 is 0.571 bits per heavy atom. The van der Waals surface area contributed by atoms with Crippen LogP contribution in [0.1, 0.15) is 49.7 Å². The van der Waals surface area contributed by atoms with Gasteiger partial charge in [-0.25, -0.2) is 0 Å². The minimum atomic E-state index is 0.520. The van der Waals surface area contributed by atoms with E-state index in [1.807, 2.05) is 24.3 Å². The van der Waals surface area contributed by atoms with Gasteiger partial charge in [0, 0.05) is 13.2 Å². The molecule has 0 aliphatic carbocycles. The van der Waals surface area contributed by atoms with Crippen LogP contribution in [0.4, 0.5) is 0 Å². The Morgan fingerprint density at radius 2 is 1.11 bits per heavy atom. The molecular formula is C24H34O4. The summed E-state index contributed by atoms with van der Waals surface area (Å²) in [6.45, 7) is 2.85. The van der Waals surface area contributed by atoms with Gasteiger partial charge in [-0.1, -0.05) is 62.1 Å².